The van der Waals surface area contributed by atoms with E-state index in [0.29, 0.717) is 38.8 Å². The van der Waals surface area contributed by atoms with Crippen LogP contribution in [0.2, 0.25) is 0 Å². The van der Waals surface area contributed by atoms with Crippen LogP contribution >= 0.6 is 0 Å². The average Bonchev–Trinajstić information content (AvgIpc) is 3.21. The minimum Gasteiger partial charge on any atom is -0.480 e. The highest BCUT2D eigenvalue weighted by Crippen LogP contribution is 2.22. The lowest BCUT2D eigenvalue weighted by Gasteiger charge is -2.36. The van der Waals surface area contributed by atoms with Gasteiger partial charge in [-0.3, -0.25) is 14.5 Å². The number of hydrogen-bond donors (Lipinski definition) is 1. The number of carbonyl (C=O) groups is 3. The SMILES string of the molecule is CCOC(=O)C(CCc1ccccc1)N(CC)[C@@H](C)C(=O)N1CCC[C@H]1C(=O)O. The van der Waals surface area contributed by atoms with Gasteiger partial charge in [0.15, 0.2) is 0 Å². The fourth-order valence-electron chi connectivity index (χ4n) is 4.04. The van der Waals surface area contributed by atoms with Gasteiger partial charge in [-0.2, -0.15) is 0 Å². The topological polar surface area (TPSA) is 87.2 Å². The lowest BCUT2D eigenvalue weighted by molar-refractivity contribution is -0.155. The van der Waals surface area contributed by atoms with Gasteiger partial charge in [0.2, 0.25) is 5.91 Å². The average molecular weight is 405 g/mol. The highest BCUT2D eigenvalue weighted by Gasteiger charge is 2.40. The van der Waals surface area contributed by atoms with E-state index in [1.54, 1.807) is 13.8 Å². The molecule has 1 N–H and O–H groups in total. The van der Waals surface area contributed by atoms with Crippen molar-refractivity contribution < 1.29 is 24.2 Å². The molecule has 0 aliphatic carbocycles. The molecular formula is C22H32N2O5. The van der Waals surface area contributed by atoms with E-state index in [1.165, 1.54) is 4.90 Å². The molecule has 29 heavy (non-hydrogen) atoms. The molecule has 160 valence electrons. The molecular weight excluding hydrogens is 372 g/mol. The van der Waals surface area contributed by atoms with E-state index in [9.17, 15) is 19.5 Å². The quantitative estimate of drug-likeness (QED) is 0.603. The number of rotatable bonds is 10. The summed E-state index contributed by atoms with van der Waals surface area (Å²) in [6.45, 7) is 6.60. The van der Waals surface area contributed by atoms with E-state index in [1.807, 2.05) is 42.2 Å². The van der Waals surface area contributed by atoms with Gasteiger partial charge in [0.05, 0.1) is 12.6 Å². The Bertz CT molecular complexity index is 694. The zero-order valence-electron chi connectivity index (χ0n) is 17.5. The summed E-state index contributed by atoms with van der Waals surface area (Å²) in [7, 11) is 0. The molecule has 1 aliphatic heterocycles. The number of nitrogens with zero attached hydrogens (tertiary/aromatic N) is 2. The molecule has 0 bridgehead atoms. The molecule has 1 aromatic rings. The maximum Gasteiger partial charge on any atom is 0.326 e. The van der Waals surface area contributed by atoms with Crippen molar-refractivity contribution in [3.05, 3.63) is 35.9 Å². The first-order valence-corrected chi connectivity index (χ1v) is 10.4. The van der Waals surface area contributed by atoms with Crippen LogP contribution in [0.3, 0.4) is 0 Å². The molecule has 1 aromatic carbocycles. The highest BCUT2D eigenvalue weighted by atomic mass is 16.5. The largest absolute Gasteiger partial charge is 0.480 e. The Balaban J connectivity index is 2.17. The molecule has 7 heteroatoms. The monoisotopic (exact) mass is 404 g/mol. The van der Waals surface area contributed by atoms with E-state index >= 15 is 0 Å². The number of ether oxygens (including phenoxy) is 1. The van der Waals surface area contributed by atoms with Crippen molar-refractivity contribution in [2.24, 2.45) is 0 Å². The van der Waals surface area contributed by atoms with Gasteiger partial charge in [-0.15, -0.1) is 0 Å². The zero-order valence-corrected chi connectivity index (χ0v) is 17.5. The number of carboxylic acid groups (broad SMARTS) is 1. The molecule has 7 nitrogen and oxygen atoms in total. The Hall–Kier alpha value is -2.41. The predicted molar refractivity (Wildman–Crippen MR) is 109 cm³/mol. The van der Waals surface area contributed by atoms with Crippen molar-refractivity contribution >= 4 is 17.8 Å². The van der Waals surface area contributed by atoms with E-state index in [4.69, 9.17) is 4.74 Å². The number of likely N-dealkylation sites (tertiary alicyclic amines) is 1. The smallest absolute Gasteiger partial charge is 0.326 e. The van der Waals surface area contributed by atoms with Crippen LogP contribution in [0.5, 0.6) is 0 Å². The standard InChI is InChI=1S/C22H32N2O5/c1-4-23(16(3)20(25)24-15-9-12-18(24)21(26)27)19(22(28)29-5-2)14-13-17-10-7-6-8-11-17/h6-8,10-11,16,18-19H,4-5,9,12-15H2,1-3H3,(H,26,27)/t16-,18-,19?/m0/s1. The molecule has 1 unspecified atom stereocenters. The lowest BCUT2D eigenvalue weighted by Crippen LogP contribution is -2.55. The summed E-state index contributed by atoms with van der Waals surface area (Å²) in [6, 6.07) is 7.92. The first-order chi connectivity index (χ1) is 13.9. The summed E-state index contributed by atoms with van der Waals surface area (Å²) in [6.07, 6.45) is 2.35. The van der Waals surface area contributed by atoms with Crippen LogP contribution in [0.1, 0.15) is 45.6 Å². The third-order valence-electron chi connectivity index (χ3n) is 5.55. The Morgan fingerprint density at radius 2 is 1.93 bits per heavy atom. The van der Waals surface area contributed by atoms with E-state index in [-0.39, 0.29) is 18.5 Å². The first-order valence-electron chi connectivity index (χ1n) is 10.4. The maximum atomic E-state index is 13.1. The molecule has 1 fully saturated rings. The van der Waals surface area contributed by atoms with E-state index in [0.717, 1.165) is 5.56 Å². The van der Waals surface area contributed by atoms with Gasteiger partial charge in [0, 0.05) is 6.54 Å². The van der Waals surface area contributed by atoms with Crippen molar-refractivity contribution in [3.63, 3.8) is 0 Å². The van der Waals surface area contributed by atoms with Crippen molar-refractivity contribution in [2.75, 3.05) is 19.7 Å². The zero-order chi connectivity index (χ0) is 21.4. The second-order valence-electron chi connectivity index (χ2n) is 7.33. The number of esters is 1. The number of aryl methyl sites for hydroxylation is 1. The van der Waals surface area contributed by atoms with Crippen LogP contribution in [0.4, 0.5) is 0 Å². The number of carbonyl (C=O) groups excluding carboxylic acids is 2. The van der Waals surface area contributed by atoms with Crippen molar-refractivity contribution in [1.82, 2.24) is 9.80 Å². The molecule has 0 spiro atoms. The third-order valence-corrected chi connectivity index (χ3v) is 5.55. The second-order valence-corrected chi connectivity index (χ2v) is 7.33. The van der Waals surface area contributed by atoms with E-state index in [2.05, 4.69) is 0 Å². The number of benzene rings is 1. The lowest BCUT2D eigenvalue weighted by atomic mass is 10.0. The Morgan fingerprint density at radius 3 is 2.52 bits per heavy atom. The van der Waals surface area contributed by atoms with Crippen LogP contribution in [0, 0.1) is 0 Å². The summed E-state index contributed by atoms with van der Waals surface area (Å²) in [4.78, 5) is 40.5. The number of amides is 1. The summed E-state index contributed by atoms with van der Waals surface area (Å²) in [5, 5.41) is 9.41. The molecule has 1 heterocycles. The summed E-state index contributed by atoms with van der Waals surface area (Å²) in [5.74, 6) is -1.57. The van der Waals surface area contributed by atoms with E-state index < -0.39 is 24.1 Å². The molecule has 0 radical (unpaired) electrons. The normalized spacial score (nSPS) is 18.5. The Morgan fingerprint density at radius 1 is 1.24 bits per heavy atom. The highest BCUT2D eigenvalue weighted by molar-refractivity contribution is 5.88. The van der Waals surface area contributed by atoms with Gasteiger partial charge in [0.1, 0.15) is 12.1 Å². The summed E-state index contributed by atoms with van der Waals surface area (Å²) >= 11 is 0. The summed E-state index contributed by atoms with van der Waals surface area (Å²) in [5.41, 5.74) is 1.11. The van der Waals surface area contributed by atoms with Crippen LogP contribution < -0.4 is 0 Å². The Labute approximate surface area is 172 Å². The van der Waals surface area contributed by atoms with Gasteiger partial charge in [-0.25, -0.2) is 4.79 Å². The predicted octanol–water partition coefficient (Wildman–Crippen LogP) is 2.34. The number of likely N-dealkylation sites (N-methyl/N-ethyl adjacent to an activating group) is 1. The van der Waals surface area contributed by atoms with Crippen LogP contribution in [-0.2, 0) is 25.5 Å². The molecule has 1 amide bonds. The fraction of sp³-hybridized carbons (Fsp3) is 0.591. The number of hydrogen-bond acceptors (Lipinski definition) is 5. The number of aliphatic carboxylic acids is 1. The van der Waals surface area contributed by atoms with Gasteiger partial charge in [-0.05, 0) is 51.6 Å². The van der Waals surface area contributed by atoms with Gasteiger partial charge < -0.3 is 14.7 Å². The van der Waals surface area contributed by atoms with Gasteiger partial charge in [-0.1, -0.05) is 37.3 Å². The molecule has 1 saturated heterocycles. The molecule has 0 aromatic heterocycles. The minimum absolute atomic E-state index is 0.245. The van der Waals surface area contributed by atoms with Crippen molar-refractivity contribution in [3.8, 4) is 0 Å². The first kappa shape index (κ1) is 22.9. The molecule has 0 saturated carbocycles. The summed E-state index contributed by atoms with van der Waals surface area (Å²) < 4.78 is 5.29. The van der Waals surface area contributed by atoms with Crippen molar-refractivity contribution in [1.29, 1.82) is 0 Å². The maximum absolute atomic E-state index is 13.1. The second kappa shape index (κ2) is 11.0. The Kier molecular flexibility index (Phi) is 8.64. The van der Waals surface area contributed by atoms with Crippen LogP contribution in [0.15, 0.2) is 30.3 Å². The van der Waals surface area contributed by atoms with Crippen LogP contribution in [0.25, 0.3) is 0 Å². The molecule has 2 rings (SSSR count). The van der Waals surface area contributed by atoms with Crippen LogP contribution in [-0.4, -0.2) is 70.6 Å². The van der Waals surface area contributed by atoms with Gasteiger partial charge >= 0.3 is 11.9 Å². The van der Waals surface area contributed by atoms with Gasteiger partial charge in [0.25, 0.3) is 0 Å². The fourth-order valence-corrected chi connectivity index (χ4v) is 4.04. The number of carboxylic acids is 1. The van der Waals surface area contributed by atoms with Crippen molar-refractivity contribution in [2.45, 2.75) is 64.6 Å². The molecule has 3 atom stereocenters. The minimum atomic E-state index is -0.975. The third kappa shape index (κ3) is 5.79. The molecule has 1 aliphatic rings.